The van der Waals surface area contributed by atoms with Crippen molar-refractivity contribution in [1.82, 2.24) is 9.80 Å². The standard InChI is InChI=1S/C12H17N3OS/c1-13(2)12(14(3)4)17-9-15(16)10-7-5-6-8-11(10)17/h5-9H,1-4H3. The van der Waals surface area contributed by atoms with Crippen LogP contribution in [-0.2, 0) is 0 Å². The van der Waals surface area contributed by atoms with Crippen LogP contribution in [0.4, 0.5) is 5.69 Å². The average Bonchev–Trinajstić information content (AvgIpc) is 2.56. The summed E-state index contributed by atoms with van der Waals surface area (Å²) < 4.78 is 0.978. The summed E-state index contributed by atoms with van der Waals surface area (Å²) in [5.41, 5.74) is 2.51. The number of benzene rings is 1. The van der Waals surface area contributed by atoms with E-state index in [1.807, 2.05) is 52.5 Å². The van der Waals surface area contributed by atoms with Crippen molar-refractivity contribution in [1.29, 1.82) is 0 Å². The van der Waals surface area contributed by atoms with Gasteiger partial charge in [-0.05, 0) is 44.7 Å². The van der Waals surface area contributed by atoms with E-state index < -0.39 is 0 Å². The molecular formula is C12H17N3OS. The minimum atomic E-state index is -0.273. The first-order chi connectivity index (χ1) is 8.02. The van der Waals surface area contributed by atoms with Crippen molar-refractivity contribution in [2.45, 2.75) is 4.90 Å². The second-order valence-electron chi connectivity index (χ2n) is 4.31. The number of nitrogens with zero attached hydrogens (tertiary/aromatic N) is 3. The van der Waals surface area contributed by atoms with Gasteiger partial charge in [0, 0.05) is 6.07 Å². The molecule has 1 unspecified atom stereocenters. The van der Waals surface area contributed by atoms with Gasteiger partial charge in [0.05, 0.1) is 4.90 Å². The average molecular weight is 251 g/mol. The second-order valence-corrected chi connectivity index (χ2v) is 6.00. The van der Waals surface area contributed by atoms with Crippen LogP contribution in [0.3, 0.4) is 0 Å². The van der Waals surface area contributed by atoms with Gasteiger partial charge in [-0.3, -0.25) is 9.80 Å². The van der Waals surface area contributed by atoms with E-state index in [-0.39, 0.29) is 10.5 Å². The lowest BCUT2D eigenvalue weighted by Crippen LogP contribution is -2.35. The molecule has 1 atom stereocenters. The first-order valence-electron chi connectivity index (χ1n) is 5.37. The van der Waals surface area contributed by atoms with Crippen molar-refractivity contribution in [3.05, 3.63) is 29.5 Å². The topological polar surface area (TPSA) is 32.5 Å². The molecule has 0 fully saturated rings. The van der Waals surface area contributed by atoms with Gasteiger partial charge in [0.2, 0.25) is 11.2 Å². The molecule has 2 rings (SSSR count). The van der Waals surface area contributed by atoms with Gasteiger partial charge in [0.15, 0.2) is 0 Å². The maximum Gasteiger partial charge on any atom is 0.230 e. The highest BCUT2D eigenvalue weighted by Gasteiger charge is 2.25. The van der Waals surface area contributed by atoms with Crippen molar-refractivity contribution < 1.29 is 4.74 Å². The molecule has 1 aromatic carbocycles. The van der Waals surface area contributed by atoms with Crippen LogP contribution in [0.2, 0.25) is 0 Å². The van der Waals surface area contributed by atoms with Gasteiger partial charge in [-0.15, -0.1) is 0 Å². The zero-order chi connectivity index (χ0) is 12.6. The molecule has 0 bridgehead atoms. The van der Waals surface area contributed by atoms with E-state index in [1.165, 1.54) is 0 Å². The van der Waals surface area contributed by atoms with Gasteiger partial charge in [0.1, 0.15) is 5.11 Å². The fourth-order valence-electron chi connectivity index (χ4n) is 1.97. The van der Waals surface area contributed by atoms with E-state index in [9.17, 15) is 5.21 Å². The second kappa shape index (κ2) is 4.60. The van der Waals surface area contributed by atoms with Crippen molar-refractivity contribution in [3.63, 3.8) is 0 Å². The molecule has 0 saturated carbocycles. The number of fused-ring (bicyclic) bond motifs is 1. The maximum atomic E-state index is 11.8. The van der Waals surface area contributed by atoms with Crippen LogP contribution in [0.15, 0.2) is 29.2 Å². The summed E-state index contributed by atoms with van der Waals surface area (Å²) in [7, 11) is 7.75. The highest BCUT2D eigenvalue weighted by Crippen LogP contribution is 2.39. The van der Waals surface area contributed by atoms with Crippen LogP contribution in [-0.4, -0.2) is 53.4 Å². The molecule has 0 spiro atoms. The lowest BCUT2D eigenvalue weighted by atomic mass is 10.3. The number of hydrogen-bond donors (Lipinski definition) is 0. The maximum absolute atomic E-state index is 11.8. The fraction of sp³-hybridized carbons (Fsp3) is 0.333. The highest BCUT2D eigenvalue weighted by molar-refractivity contribution is 8.27. The van der Waals surface area contributed by atoms with E-state index in [0.29, 0.717) is 0 Å². The number of hydrogen-bond acceptors (Lipinski definition) is 1. The Morgan fingerprint density at radius 3 is 2.29 bits per heavy atom. The van der Waals surface area contributed by atoms with Gasteiger partial charge < -0.3 is 5.21 Å². The minimum Gasteiger partial charge on any atom is -0.618 e. The molecule has 1 aliphatic rings. The van der Waals surface area contributed by atoms with Crippen LogP contribution >= 0.6 is 10.5 Å². The first-order valence-corrected chi connectivity index (χ1v) is 6.66. The molecule has 0 aliphatic carbocycles. The minimum absolute atomic E-state index is 0.273. The smallest absolute Gasteiger partial charge is 0.230 e. The quantitative estimate of drug-likeness (QED) is 0.400. The normalized spacial score (nSPS) is 18.5. The predicted molar refractivity (Wildman–Crippen MR) is 74.0 cm³/mol. The molecule has 92 valence electrons. The summed E-state index contributed by atoms with van der Waals surface area (Å²) in [6.45, 7) is 0. The van der Waals surface area contributed by atoms with Gasteiger partial charge >= 0.3 is 0 Å². The molecule has 1 aromatic rings. The molecule has 0 amide bonds. The zero-order valence-corrected chi connectivity index (χ0v) is 11.4. The van der Waals surface area contributed by atoms with Crippen molar-refractivity contribution in [2.75, 3.05) is 28.2 Å². The van der Waals surface area contributed by atoms with Crippen LogP contribution in [0.25, 0.3) is 0 Å². The summed E-state index contributed by atoms with van der Waals surface area (Å²) in [6.07, 6.45) is 0. The fourth-order valence-corrected chi connectivity index (χ4v) is 4.08. The largest absolute Gasteiger partial charge is 0.618 e. The lowest BCUT2D eigenvalue weighted by molar-refractivity contribution is -0.352. The molecule has 1 heterocycles. The predicted octanol–water partition coefficient (Wildman–Crippen LogP) is 1.71. The van der Waals surface area contributed by atoms with E-state index in [0.717, 1.165) is 20.4 Å². The van der Waals surface area contributed by atoms with Crippen molar-refractivity contribution in [3.8, 4) is 0 Å². The lowest BCUT2D eigenvalue weighted by Gasteiger charge is -2.22. The first kappa shape index (κ1) is 12.3. The Balaban J connectivity index is 2.66. The third-order valence-corrected chi connectivity index (χ3v) is 4.85. The van der Waals surface area contributed by atoms with Gasteiger partial charge in [-0.2, -0.15) is 4.74 Å². The van der Waals surface area contributed by atoms with E-state index in [2.05, 4.69) is 9.80 Å². The monoisotopic (exact) mass is 251 g/mol. The molecule has 0 radical (unpaired) electrons. The Morgan fingerprint density at radius 1 is 1.12 bits per heavy atom. The van der Waals surface area contributed by atoms with Crippen LogP contribution in [0.1, 0.15) is 0 Å². The summed E-state index contributed by atoms with van der Waals surface area (Å²) in [4.78, 5) is 5.23. The summed E-state index contributed by atoms with van der Waals surface area (Å²) in [5, 5.41) is 13.0. The van der Waals surface area contributed by atoms with E-state index in [4.69, 9.17) is 0 Å². The Labute approximate surface area is 104 Å². The van der Waals surface area contributed by atoms with Crippen molar-refractivity contribution in [2.24, 2.45) is 0 Å². The molecule has 1 aliphatic heterocycles. The Kier molecular flexibility index (Phi) is 3.33. The third-order valence-electron chi connectivity index (χ3n) is 2.50. The van der Waals surface area contributed by atoms with Gasteiger partial charge in [-0.25, -0.2) is 0 Å². The molecular weight excluding hydrogens is 234 g/mol. The van der Waals surface area contributed by atoms with Gasteiger partial charge in [0.25, 0.3) is 0 Å². The summed E-state index contributed by atoms with van der Waals surface area (Å²) >= 11 is 0. The molecule has 5 heteroatoms. The Morgan fingerprint density at radius 2 is 1.71 bits per heavy atom. The molecule has 0 N–H and O–H groups in total. The summed E-state index contributed by atoms with van der Waals surface area (Å²) in [5.74, 6) is 0. The molecule has 0 aromatic heterocycles. The van der Waals surface area contributed by atoms with Crippen LogP contribution in [0.5, 0.6) is 0 Å². The number of rotatable bonds is 0. The molecule has 0 saturated heterocycles. The van der Waals surface area contributed by atoms with Gasteiger partial charge in [-0.1, -0.05) is 12.1 Å². The zero-order valence-electron chi connectivity index (χ0n) is 10.5. The SMILES string of the molecule is CN(C)C(N(C)C)=S1C=[N+]([O-])c2ccccc21. The Hall–Kier alpha value is -1.17. The highest BCUT2D eigenvalue weighted by atomic mass is 32.2. The molecule has 17 heavy (non-hydrogen) atoms. The summed E-state index contributed by atoms with van der Waals surface area (Å²) in [6, 6.07) is 7.78. The van der Waals surface area contributed by atoms with Crippen molar-refractivity contribution >= 4 is 26.8 Å². The van der Waals surface area contributed by atoms with E-state index >= 15 is 0 Å². The van der Waals surface area contributed by atoms with E-state index in [1.54, 1.807) is 5.55 Å². The van der Waals surface area contributed by atoms with Crippen LogP contribution < -0.4 is 0 Å². The molecule has 4 nitrogen and oxygen atoms in total. The van der Waals surface area contributed by atoms with Crippen LogP contribution in [0, 0.1) is 5.21 Å². The Bertz CT molecular complexity index is 496. The third kappa shape index (κ3) is 2.13. The number of para-hydroxylation sites is 1.